The minimum absolute atomic E-state index is 0. The van der Waals surface area contributed by atoms with Crippen molar-refractivity contribution in [2.75, 3.05) is 4.67 Å². The van der Waals surface area contributed by atoms with Gasteiger partial charge < -0.3 is 12.1 Å². The largest absolute Gasteiger partial charge is 2.00 e. The van der Waals surface area contributed by atoms with Gasteiger partial charge in [0.1, 0.15) is 0 Å². The van der Waals surface area contributed by atoms with Crippen molar-refractivity contribution in [2.45, 2.75) is 13.8 Å². The second-order valence-electron chi connectivity index (χ2n) is 2.42. The van der Waals surface area contributed by atoms with E-state index in [0.29, 0.717) is 0 Å². The van der Waals surface area contributed by atoms with Gasteiger partial charge in [-0.2, -0.15) is 30.7 Å². The number of rotatable bonds is 2. The van der Waals surface area contributed by atoms with Gasteiger partial charge in [0.2, 0.25) is 0 Å². The molecule has 0 heterocycles. The SMILES string of the molecule is C[CH-]N(P)c1[c-]cc(C)cc1.[CH3-].[Ca+2]. The first-order valence-electron chi connectivity index (χ1n) is 3.56. The Morgan fingerprint density at radius 1 is 1.46 bits per heavy atom. The Morgan fingerprint density at radius 3 is 2.46 bits per heavy atom. The summed E-state index contributed by atoms with van der Waals surface area (Å²) in [7, 11) is 2.61. The molecule has 1 nitrogen and oxygen atoms in total. The number of anilines is 1. The molecule has 0 spiro atoms. The zero-order valence-corrected chi connectivity index (χ0v) is 11.9. The Morgan fingerprint density at radius 2 is 2.08 bits per heavy atom. The van der Waals surface area contributed by atoms with Crippen molar-refractivity contribution >= 4 is 52.8 Å². The van der Waals surface area contributed by atoms with Crippen molar-refractivity contribution in [1.82, 2.24) is 0 Å². The topological polar surface area (TPSA) is 3.24 Å². The van der Waals surface area contributed by atoms with Crippen molar-refractivity contribution in [3.63, 3.8) is 0 Å². The smallest absolute Gasteiger partial charge is 0.528 e. The third-order valence-corrected chi connectivity index (χ3v) is 2.08. The van der Waals surface area contributed by atoms with E-state index in [0.717, 1.165) is 5.69 Å². The first-order valence-corrected chi connectivity index (χ1v) is 4.07. The van der Waals surface area contributed by atoms with E-state index in [1.54, 1.807) is 0 Å². The number of aryl methyl sites for hydroxylation is 1. The molecule has 0 bridgehead atoms. The van der Waals surface area contributed by atoms with Gasteiger partial charge in [0, 0.05) is 0 Å². The summed E-state index contributed by atoms with van der Waals surface area (Å²) in [6.07, 6.45) is 0. The van der Waals surface area contributed by atoms with Gasteiger partial charge in [-0.3, -0.25) is 0 Å². The molecular formula is C10H15CaNP-. The summed E-state index contributed by atoms with van der Waals surface area (Å²) in [6, 6.07) is 9.26. The van der Waals surface area contributed by atoms with Crippen LogP contribution in [0.5, 0.6) is 0 Å². The van der Waals surface area contributed by atoms with Gasteiger partial charge in [0.15, 0.2) is 0 Å². The van der Waals surface area contributed by atoms with Crippen molar-refractivity contribution in [1.29, 1.82) is 0 Å². The van der Waals surface area contributed by atoms with Crippen LogP contribution < -0.4 is 4.67 Å². The summed E-state index contributed by atoms with van der Waals surface area (Å²) >= 11 is 0. The van der Waals surface area contributed by atoms with Crippen LogP contribution in [0.25, 0.3) is 0 Å². The quantitative estimate of drug-likeness (QED) is 0.421. The van der Waals surface area contributed by atoms with E-state index in [1.165, 1.54) is 5.56 Å². The van der Waals surface area contributed by atoms with Crippen molar-refractivity contribution < 1.29 is 0 Å². The van der Waals surface area contributed by atoms with Gasteiger partial charge in [-0.05, 0) is 0 Å². The second kappa shape index (κ2) is 8.05. The summed E-state index contributed by atoms with van der Waals surface area (Å²) in [5.74, 6) is 0. The van der Waals surface area contributed by atoms with Crippen LogP contribution in [0.4, 0.5) is 5.69 Å². The first-order chi connectivity index (χ1) is 5.24. The van der Waals surface area contributed by atoms with Crippen molar-refractivity contribution in [3.8, 4) is 0 Å². The van der Waals surface area contributed by atoms with E-state index in [9.17, 15) is 0 Å². The molecule has 68 valence electrons. The third-order valence-electron chi connectivity index (χ3n) is 1.51. The van der Waals surface area contributed by atoms with Crippen molar-refractivity contribution in [3.05, 3.63) is 43.8 Å². The molecule has 0 radical (unpaired) electrons. The van der Waals surface area contributed by atoms with Gasteiger partial charge in [-0.25, -0.2) is 6.54 Å². The molecule has 1 atom stereocenters. The molecule has 0 amide bonds. The maximum absolute atomic E-state index is 3.16. The standard InChI is InChI=1S/C9H12NP.CH3.Ca/c1-3-10(11)9-6-4-8(2)5-7-9;;/h3-6H,11H2,1-2H3;1H3;/q-2;-1;+2. The van der Waals surface area contributed by atoms with Gasteiger partial charge in [0.25, 0.3) is 0 Å². The zero-order chi connectivity index (χ0) is 8.27. The summed E-state index contributed by atoms with van der Waals surface area (Å²) < 4.78 is 1.96. The van der Waals surface area contributed by atoms with Gasteiger partial charge >= 0.3 is 37.7 Å². The first kappa shape index (κ1) is 16.2. The fourth-order valence-corrected chi connectivity index (χ4v) is 0.955. The summed E-state index contributed by atoms with van der Waals surface area (Å²) in [5, 5.41) is 0. The monoisotopic (exact) mass is 220 g/mol. The van der Waals surface area contributed by atoms with E-state index in [1.807, 2.05) is 30.3 Å². The molecule has 0 aliphatic carbocycles. The predicted molar refractivity (Wildman–Crippen MR) is 64.3 cm³/mol. The summed E-state index contributed by atoms with van der Waals surface area (Å²) in [4.78, 5) is 0. The average Bonchev–Trinajstić information content (AvgIpc) is 2.05. The van der Waals surface area contributed by atoms with E-state index >= 15 is 0 Å². The molecule has 3 heteroatoms. The second-order valence-corrected chi connectivity index (χ2v) is 2.97. The minimum atomic E-state index is 0. The Balaban J connectivity index is 0. The number of hydrogen-bond acceptors (Lipinski definition) is 1. The van der Waals surface area contributed by atoms with Crippen LogP contribution >= 0.6 is 9.39 Å². The molecule has 1 rings (SSSR count). The van der Waals surface area contributed by atoms with E-state index < -0.39 is 0 Å². The fourth-order valence-electron chi connectivity index (χ4n) is 0.794. The van der Waals surface area contributed by atoms with Crippen LogP contribution in [0.15, 0.2) is 18.2 Å². The molecule has 1 aromatic carbocycles. The Hall–Kier alpha value is 0.710. The summed E-state index contributed by atoms with van der Waals surface area (Å²) in [5.41, 5.74) is 2.31. The molecule has 1 unspecified atom stereocenters. The van der Waals surface area contributed by atoms with E-state index in [4.69, 9.17) is 0 Å². The van der Waals surface area contributed by atoms with E-state index in [2.05, 4.69) is 28.4 Å². The van der Waals surface area contributed by atoms with Crippen molar-refractivity contribution in [2.24, 2.45) is 0 Å². The Kier molecular flexibility index (Phi) is 10.0. The van der Waals surface area contributed by atoms with Crippen LogP contribution in [-0.4, -0.2) is 37.7 Å². The van der Waals surface area contributed by atoms with Crippen LogP contribution in [0.3, 0.4) is 0 Å². The molecular weight excluding hydrogens is 205 g/mol. The molecule has 0 aliphatic heterocycles. The summed E-state index contributed by atoms with van der Waals surface area (Å²) in [6.45, 7) is 6.02. The molecule has 0 N–H and O–H groups in total. The van der Waals surface area contributed by atoms with Gasteiger partial charge in [-0.1, -0.05) is 16.3 Å². The molecule has 0 saturated carbocycles. The number of hydrogen-bond donors (Lipinski definition) is 0. The average molecular weight is 220 g/mol. The molecule has 0 saturated heterocycles. The fraction of sp³-hybridized carbons (Fsp3) is 0.200. The Labute approximate surface area is 114 Å². The number of nitrogens with zero attached hydrogens (tertiary/aromatic N) is 1. The molecule has 13 heavy (non-hydrogen) atoms. The molecule has 1 aromatic rings. The maximum atomic E-state index is 3.16. The van der Waals surface area contributed by atoms with Gasteiger partial charge in [0.05, 0.1) is 0 Å². The maximum Gasteiger partial charge on any atom is 2.00 e. The molecule has 0 aliphatic rings. The molecule has 0 aromatic heterocycles. The van der Waals surface area contributed by atoms with Crippen LogP contribution in [-0.2, 0) is 0 Å². The predicted octanol–water partition coefficient (Wildman–Crippen LogP) is 2.64. The third kappa shape index (κ3) is 5.22. The van der Waals surface area contributed by atoms with E-state index in [-0.39, 0.29) is 45.2 Å². The van der Waals surface area contributed by atoms with Crippen LogP contribution in [0, 0.1) is 27.0 Å². The Bertz CT molecular complexity index is 223. The van der Waals surface area contributed by atoms with Crippen LogP contribution in [0.2, 0.25) is 0 Å². The minimum Gasteiger partial charge on any atom is -0.528 e. The zero-order valence-electron chi connectivity index (χ0n) is 8.54. The normalized spacial score (nSPS) is 8.23. The molecule has 0 fully saturated rings. The van der Waals surface area contributed by atoms with Crippen LogP contribution in [0.1, 0.15) is 12.5 Å². The number of benzene rings is 1. The van der Waals surface area contributed by atoms with Gasteiger partial charge in [-0.15, -0.1) is 11.8 Å².